The van der Waals surface area contributed by atoms with E-state index in [1.165, 1.54) is 36.7 Å². The van der Waals surface area contributed by atoms with E-state index in [4.69, 9.17) is 24.2 Å². The van der Waals surface area contributed by atoms with E-state index in [9.17, 15) is 43.2 Å². The maximum absolute atomic E-state index is 12.9. The molecule has 0 saturated carbocycles. The molecular weight excluding hydrogens is 885 g/mol. The molecule has 0 heterocycles. The molecule has 20 heteroatoms. The van der Waals surface area contributed by atoms with Gasteiger partial charge in [0, 0.05) is 5.41 Å². The van der Waals surface area contributed by atoms with Gasteiger partial charge in [-0.2, -0.15) is 25.2 Å². The standard InChI is InChI=1S/C37H37N3O9.C11H13N3O5/c1-5-37(20-48-35(45)18-29-10-7-26(3)32(15-29)39-23-42,21-49-36(46)19-30-11-8-27(4)33(16-30)40-24-43)12-13-47-34(44)17-28-9-6-25(2)31(14-28)38-22-41;12-7-18-5-2-1-3-10(14-9-16)11(17)19-6-4-13-8-15/h6-11,14-16H,5,12-13,17-21H2,1-4H3;10H,1-6H2. The van der Waals surface area contributed by atoms with Gasteiger partial charge in [0.1, 0.15) is 26.4 Å². The lowest BCUT2D eigenvalue weighted by molar-refractivity contribution is -0.157. The quantitative estimate of drug-likeness (QED) is 0.0205. The van der Waals surface area contributed by atoms with Crippen molar-refractivity contribution >= 4 is 71.3 Å². The van der Waals surface area contributed by atoms with Gasteiger partial charge in [-0.3, -0.25) is 14.4 Å². The van der Waals surface area contributed by atoms with Gasteiger partial charge in [-0.05, 0) is 104 Å². The van der Waals surface area contributed by atoms with Gasteiger partial charge < -0.3 is 23.7 Å². The number of hydrogen-bond acceptors (Lipinski definition) is 20. The van der Waals surface area contributed by atoms with E-state index in [0.717, 1.165) is 16.7 Å². The average molecular weight is 935 g/mol. The Morgan fingerprint density at radius 1 is 0.603 bits per heavy atom. The summed E-state index contributed by atoms with van der Waals surface area (Å²) in [6.45, 7) is 7.05. The van der Waals surface area contributed by atoms with Crippen molar-refractivity contribution in [3.63, 3.8) is 0 Å². The number of carbonyl (C=O) groups is 4. The highest BCUT2D eigenvalue weighted by Crippen LogP contribution is 2.30. The minimum absolute atomic E-state index is 0.0166. The molecule has 0 N–H and O–H groups in total. The molecule has 0 aliphatic carbocycles. The van der Waals surface area contributed by atoms with Crippen LogP contribution in [0.1, 0.15) is 72.4 Å². The minimum atomic E-state index is -0.931. The molecule has 20 nitrogen and oxygen atoms in total. The molecule has 3 aromatic carbocycles. The third-order valence-electron chi connectivity index (χ3n) is 10.1. The molecule has 0 spiro atoms. The Hall–Kier alpha value is -8.27. The molecule has 0 aromatic heterocycles. The number of unbranched alkanes of at least 4 members (excludes halogenated alkanes) is 1. The zero-order valence-electron chi connectivity index (χ0n) is 38.1. The highest BCUT2D eigenvalue weighted by Gasteiger charge is 2.33. The number of nitrogens with zero attached hydrogens (tertiary/aromatic N) is 6. The van der Waals surface area contributed by atoms with Crippen molar-refractivity contribution in [2.24, 2.45) is 30.4 Å². The monoisotopic (exact) mass is 934 g/mol. The predicted molar refractivity (Wildman–Crippen MR) is 239 cm³/mol. The number of benzene rings is 3. The smallest absolute Gasteiger partial charge is 0.331 e. The van der Waals surface area contributed by atoms with Crippen LogP contribution in [0.5, 0.6) is 0 Å². The summed E-state index contributed by atoms with van der Waals surface area (Å²) in [6.07, 6.45) is 10.4. The zero-order valence-corrected chi connectivity index (χ0v) is 38.1. The van der Waals surface area contributed by atoms with E-state index >= 15 is 0 Å². The molecule has 0 saturated heterocycles. The van der Waals surface area contributed by atoms with Crippen LogP contribution in [0.3, 0.4) is 0 Å². The minimum Gasteiger partial charge on any atom is -0.465 e. The molecule has 356 valence electrons. The van der Waals surface area contributed by atoms with Crippen LogP contribution in [0.2, 0.25) is 0 Å². The summed E-state index contributed by atoms with van der Waals surface area (Å²) in [5.41, 5.74) is 4.32. The number of aliphatic imine (C=N–C) groups is 5. The van der Waals surface area contributed by atoms with Gasteiger partial charge in [0.05, 0.1) is 49.5 Å². The first kappa shape index (κ1) is 55.9. The lowest BCUT2D eigenvalue weighted by Gasteiger charge is -2.31. The van der Waals surface area contributed by atoms with Crippen molar-refractivity contribution in [2.45, 2.75) is 85.1 Å². The second kappa shape index (κ2) is 31.6. The summed E-state index contributed by atoms with van der Waals surface area (Å²) in [5, 5.41) is 8.14. The van der Waals surface area contributed by atoms with E-state index in [1.54, 1.807) is 75.4 Å². The summed E-state index contributed by atoms with van der Waals surface area (Å²) in [6, 6.07) is 14.3. The number of esters is 4. The van der Waals surface area contributed by atoms with Gasteiger partial charge in [0.2, 0.25) is 30.4 Å². The van der Waals surface area contributed by atoms with Crippen molar-refractivity contribution < 1.29 is 66.8 Å². The van der Waals surface area contributed by atoms with Crippen LogP contribution >= 0.6 is 0 Å². The Bertz CT molecular complexity index is 2420. The number of ether oxygens (including phenoxy) is 5. The number of rotatable bonds is 27. The number of isocyanates is 5. The molecule has 0 bridgehead atoms. The largest absolute Gasteiger partial charge is 0.465 e. The van der Waals surface area contributed by atoms with Gasteiger partial charge in [0.15, 0.2) is 6.04 Å². The third kappa shape index (κ3) is 21.1. The summed E-state index contributed by atoms with van der Waals surface area (Å²) < 4.78 is 26.1. The topological polar surface area (TPSA) is 285 Å². The van der Waals surface area contributed by atoms with E-state index in [0.29, 0.717) is 59.4 Å². The lowest BCUT2D eigenvalue weighted by Crippen LogP contribution is -2.36. The van der Waals surface area contributed by atoms with E-state index in [1.807, 2.05) is 6.92 Å². The Morgan fingerprint density at radius 3 is 1.49 bits per heavy atom. The maximum Gasteiger partial charge on any atom is 0.331 e. The van der Waals surface area contributed by atoms with Crippen molar-refractivity contribution in [2.75, 3.05) is 39.6 Å². The van der Waals surface area contributed by atoms with E-state index in [2.05, 4.69) is 29.7 Å². The third-order valence-corrected chi connectivity index (χ3v) is 10.1. The molecule has 0 fully saturated rings. The Kier molecular flexibility index (Phi) is 25.9. The van der Waals surface area contributed by atoms with Crippen molar-refractivity contribution in [3.8, 4) is 6.26 Å². The first-order chi connectivity index (χ1) is 32.8. The van der Waals surface area contributed by atoms with Crippen LogP contribution < -0.4 is 0 Å². The summed E-state index contributed by atoms with van der Waals surface area (Å²) >= 11 is 0. The molecule has 1 unspecified atom stereocenters. The highest BCUT2D eigenvalue weighted by atomic mass is 16.6. The molecule has 3 rings (SSSR count). The van der Waals surface area contributed by atoms with Crippen LogP contribution in [-0.2, 0) is 86.1 Å². The molecule has 0 radical (unpaired) electrons. The van der Waals surface area contributed by atoms with Gasteiger partial charge in [-0.15, -0.1) is 0 Å². The molecular formula is C48H50N6O14. The Morgan fingerprint density at radius 2 is 1.07 bits per heavy atom. The summed E-state index contributed by atoms with van der Waals surface area (Å²) in [7, 11) is 0. The van der Waals surface area contributed by atoms with E-state index < -0.39 is 35.3 Å². The molecule has 0 aliphatic heterocycles. The maximum atomic E-state index is 12.9. The van der Waals surface area contributed by atoms with Crippen molar-refractivity contribution in [3.05, 3.63) is 88.0 Å². The first-order valence-corrected chi connectivity index (χ1v) is 21.0. The van der Waals surface area contributed by atoms with Gasteiger partial charge in [-0.1, -0.05) is 43.3 Å². The molecule has 1 atom stereocenters. The van der Waals surface area contributed by atoms with Crippen LogP contribution in [0.15, 0.2) is 79.6 Å². The van der Waals surface area contributed by atoms with Gasteiger partial charge in [-0.25, -0.2) is 33.8 Å². The molecule has 0 aliphatic rings. The van der Waals surface area contributed by atoms with Gasteiger partial charge >= 0.3 is 23.9 Å². The van der Waals surface area contributed by atoms with E-state index in [-0.39, 0.29) is 65.3 Å². The lowest BCUT2D eigenvalue weighted by atomic mass is 9.83. The van der Waals surface area contributed by atoms with Crippen molar-refractivity contribution in [1.29, 1.82) is 5.26 Å². The van der Waals surface area contributed by atoms with Crippen LogP contribution in [0.4, 0.5) is 17.1 Å². The first-order valence-electron chi connectivity index (χ1n) is 21.0. The zero-order chi connectivity index (χ0) is 50.2. The number of hydrogen-bond donors (Lipinski definition) is 0. The fourth-order valence-corrected chi connectivity index (χ4v) is 6.06. The number of carbonyl (C=O) groups excluding carboxylic acids is 9. The number of aryl methyl sites for hydroxylation is 3. The van der Waals surface area contributed by atoms with Gasteiger partial charge in [0.25, 0.3) is 6.26 Å². The highest BCUT2D eigenvalue weighted by molar-refractivity contribution is 5.77. The normalized spacial score (nSPS) is 11.2. The fourth-order valence-electron chi connectivity index (χ4n) is 6.06. The van der Waals surface area contributed by atoms with Crippen LogP contribution in [0, 0.1) is 37.7 Å². The predicted octanol–water partition coefficient (Wildman–Crippen LogP) is 6.20. The number of nitriles is 1. The molecule has 3 aromatic rings. The van der Waals surface area contributed by atoms with Crippen LogP contribution in [-0.4, -0.2) is 99.9 Å². The Balaban J connectivity index is 0.000000702. The second-order valence-corrected chi connectivity index (χ2v) is 15.0. The molecule has 0 amide bonds. The second-order valence-electron chi connectivity index (χ2n) is 15.0. The van der Waals surface area contributed by atoms with Crippen molar-refractivity contribution in [1.82, 2.24) is 0 Å². The fraction of sp³-hybridized carbons (Fsp3) is 0.417. The summed E-state index contributed by atoms with van der Waals surface area (Å²) in [4.78, 5) is 120. The van der Waals surface area contributed by atoms with Crippen LogP contribution in [0.25, 0.3) is 0 Å². The SMILES string of the molecule is CCC(CCOC(=O)Cc1ccc(C)c(N=C=O)c1)(COC(=O)Cc1ccc(C)c(N=C=O)c1)COC(=O)Cc1ccc(C)c(N=C=O)c1.N#COCCCCC(N=C=O)C(=O)OCCN=C=O. The molecule has 68 heavy (non-hydrogen) atoms. The Labute approximate surface area is 391 Å². The average Bonchev–Trinajstić information content (AvgIpc) is 3.32. The summed E-state index contributed by atoms with van der Waals surface area (Å²) in [5.74, 6) is -2.31.